The van der Waals surface area contributed by atoms with Crippen LogP contribution in [0, 0.1) is 5.92 Å². The third kappa shape index (κ3) is 20.2. The Labute approximate surface area is 269 Å². The molecule has 2 nitrogen and oxygen atoms in total. The van der Waals surface area contributed by atoms with Gasteiger partial charge in [0, 0.05) is 18.4 Å². The average Bonchev–Trinajstić information content (AvgIpc) is 3.57. The molecule has 2 atom stereocenters. The maximum absolute atomic E-state index is 4.47. The van der Waals surface area contributed by atoms with E-state index in [4.69, 9.17) is 0 Å². The lowest BCUT2D eigenvalue weighted by Crippen LogP contribution is -2.21. The molecule has 246 valence electrons. The van der Waals surface area contributed by atoms with E-state index in [1.165, 1.54) is 185 Å². The van der Waals surface area contributed by atoms with Gasteiger partial charge in [-0.05, 0) is 30.7 Å². The summed E-state index contributed by atoms with van der Waals surface area (Å²) in [6.45, 7) is 4.61. The van der Waals surface area contributed by atoms with E-state index in [0.717, 1.165) is 0 Å². The Kier molecular flexibility index (Phi) is 24.4. The van der Waals surface area contributed by atoms with Crippen molar-refractivity contribution in [3.8, 4) is 0 Å². The smallest absolute Gasteiger partial charge is 0.0948 e. The molecule has 0 aliphatic rings. The second-order valence-electron chi connectivity index (χ2n) is 13.7. The molecule has 0 N–H and O–H groups in total. The lowest BCUT2D eigenvalue weighted by Gasteiger charge is -2.29. The normalized spacial score (nSPS) is 13.0. The predicted octanol–water partition coefficient (Wildman–Crippen LogP) is 13.9. The van der Waals surface area contributed by atoms with Crippen LogP contribution in [0.5, 0.6) is 0 Å². The van der Waals surface area contributed by atoms with Crippen molar-refractivity contribution in [1.82, 2.24) is 9.55 Å². The molecule has 0 fully saturated rings. The van der Waals surface area contributed by atoms with Gasteiger partial charge in [-0.1, -0.05) is 205 Å². The third-order valence-electron chi connectivity index (χ3n) is 9.82. The van der Waals surface area contributed by atoms with Crippen molar-refractivity contribution in [2.45, 2.75) is 200 Å². The first-order chi connectivity index (χ1) is 21.3. The van der Waals surface area contributed by atoms with Crippen LogP contribution in [0.1, 0.15) is 199 Å². The summed E-state index contributed by atoms with van der Waals surface area (Å²) >= 11 is 0. The average molecular weight is 593 g/mol. The highest BCUT2D eigenvalue weighted by molar-refractivity contribution is 5.15. The lowest BCUT2D eigenvalue weighted by atomic mass is 9.84. The maximum Gasteiger partial charge on any atom is 0.0948 e. The van der Waals surface area contributed by atoms with Gasteiger partial charge in [0.15, 0.2) is 0 Å². The molecule has 0 radical (unpaired) electrons. The fourth-order valence-electron chi connectivity index (χ4n) is 7.06. The third-order valence-corrected chi connectivity index (χ3v) is 9.82. The highest BCUT2D eigenvalue weighted by Gasteiger charge is 2.23. The molecule has 0 amide bonds. The summed E-state index contributed by atoms with van der Waals surface area (Å²) in [5, 5.41) is 0. The summed E-state index contributed by atoms with van der Waals surface area (Å²) in [7, 11) is 0. The maximum atomic E-state index is 4.47. The summed E-state index contributed by atoms with van der Waals surface area (Å²) in [6.07, 6.45) is 45.8. The highest BCUT2D eigenvalue weighted by Crippen LogP contribution is 2.32. The van der Waals surface area contributed by atoms with Crippen molar-refractivity contribution >= 4 is 0 Å². The van der Waals surface area contributed by atoms with Gasteiger partial charge in [0.25, 0.3) is 0 Å². The zero-order chi connectivity index (χ0) is 30.5. The van der Waals surface area contributed by atoms with Crippen LogP contribution in [-0.4, -0.2) is 9.55 Å². The van der Waals surface area contributed by atoms with Crippen LogP contribution < -0.4 is 0 Å². The number of rotatable bonds is 31. The van der Waals surface area contributed by atoms with Gasteiger partial charge in [-0.15, -0.1) is 0 Å². The van der Waals surface area contributed by atoms with Crippen LogP contribution in [0.25, 0.3) is 0 Å². The second-order valence-corrected chi connectivity index (χ2v) is 13.7. The summed E-state index contributed by atoms with van der Waals surface area (Å²) in [5.41, 5.74) is 1.50. The molecule has 0 saturated carbocycles. The monoisotopic (exact) mass is 593 g/mol. The van der Waals surface area contributed by atoms with Crippen molar-refractivity contribution in [2.24, 2.45) is 5.92 Å². The van der Waals surface area contributed by atoms with E-state index in [1.807, 2.05) is 6.20 Å². The van der Waals surface area contributed by atoms with Crippen LogP contribution in [-0.2, 0) is 6.42 Å². The number of aromatic nitrogens is 2. The number of hydrogen-bond donors (Lipinski definition) is 0. The van der Waals surface area contributed by atoms with Gasteiger partial charge in [0.05, 0.1) is 6.33 Å². The Hall–Kier alpha value is -1.57. The molecule has 0 bridgehead atoms. The van der Waals surface area contributed by atoms with Gasteiger partial charge in [0.2, 0.25) is 0 Å². The Morgan fingerprint density at radius 3 is 1.35 bits per heavy atom. The molecule has 1 heterocycles. The van der Waals surface area contributed by atoms with E-state index in [9.17, 15) is 0 Å². The molecule has 2 heteroatoms. The molecule has 0 aliphatic heterocycles. The topological polar surface area (TPSA) is 17.8 Å². The van der Waals surface area contributed by atoms with E-state index in [-0.39, 0.29) is 0 Å². The number of hydrogen-bond acceptors (Lipinski definition) is 1. The van der Waals surface area contributed by atoms with Crippen molar-refractivity contribution in [3.05, 3.63) is 54.6 Å². The molecule has 0 saturated heterocycles. The molecule has 0 aliphatic carbocycles. The summed E-state index contributed by atoms with van der Waals surface area (Å²) in [6, 6.07) is 11.8. The minimum atomic E-state index is 0.573. The number of benzene rings is 1. The first-order valence-electron chi connectivity index (χ1n) is 19.4. The molecule has 2 rings (SSSR count). The minimum absolute atomic E-state index is 0.573. The zero-order valence-electron chi connectivity index (χ0n) is 29.0. The van der Waals surface area contributed by atoms with Crippen molar-refractivity contribution < 1.29 is 0 Å². The number of unbranched alkanes of at least 4 members (excludes halogenated alkanes) is 23. The molecule has 0 spiro atoms. The Balaban J connectivity index is 1.68. The second kappa shape index (κ2) is 27.9. The van der Waals surface area contributed by atoms with Crippen LogP contribution >= 0.6 is 0 Å². The van der Waals surface area contributed by atoms with Crippen molar-refractivity contribution in [1.29, 1.82) is 0 Å². The fourth-order valence-corrected chi connectivity index (χ4v) is 7.06. The largest absolute Gasteiger partial charge is 0.334 e. The van der Waals surface area contributed by atoms with Gasteiger partial charge in [-0.25, -0.2) is 4.98 Å². The zero-order valence-corrected chi connectivity index (χ0v) is 29.0. The summed E-state index contributed by atoms with van der Waals surface area (Å²) in [4.78, 5) is 4.47. The minimum Gasteiger partial charge on any atom is -0.334 e. The van der Waals surface area contributed by atoms with E-state index in [1.54, 1.807) is 0 Å². The van der Waals surface area contributed by atoms with Gasteiger partial charge < -0.3 is 4.57 Å². The quantitative estimate of drug-likeness (QED) is 0.0796. The lowest BCUT2D eigenvalue weighted by molar-refractivity contribution is 0.275. The molecular formula is C41H72N2. The Bertz CT molecular complexity index is 798. The molecule has 1 aromatic carbocycles. The first kappa shape index (κ1) is 37.6. The predicted molar refractivity (Wildman–Crippen MR) is 191 cm³/mol. The van der Waals surface area contributed by atoms with Crippen LogP contribution in [0.3, 0.4) is 0 Å². The molecule has 2 unspecified atom stereocenters. The highest BCUT2D eigenvalue weighted by atomic mass is 15.1. The van der Waals surface area contributed by atoms with Crippen LogP contribution in [0.4, 0.5) is 0 Å². The molecule has 1 aromatic heterocycles. The first-order valence-corrected chi connectivity index (χ1v) is 19.4. The van der Waals surface area contributed by atoms with E-state index in [2.05, 4.69) is 66.3 Å². The SMILES string of the molecule is CCCCCCCCCCCCCCCCCC(Cc1ccccc1)C(CCCCCCCCCCCC)n1ccnc1. The van der Waals surface area contributed by atoms with Gasteiger partial charge in [-0.2, -0.15) is 0 Å². The van der Waals surface area contributed by atoms with Crippen LogP contribution in [0.15, 0.2) is 49.1 Å². The van der Waals surface area contributed by atoms with E-state index < -0.39 is 0 Å². The fraction of sp³-hybridized carbons (Fsp3) is 0.780. The standard InChI is InChI=1S/C41H72N2/c1-3-5-7-9-11-13-15-16-17-18-19-20-22-24-29-33-40(37-39-31-27-26-28-32-39)41(43-36-35-42-38-43)34-30-25-23-21-14-12-10-8-6-4-2/h26-28,31-32,35-36,38,40-41H,3-25,29-30,33-34,37H2,1-2H3. The summed E-state index contributed by atoms with van der Waals surface area (Å²) in [5.74, 6) is 0.692. The van der Waals surface area contributed by atoms with Crippen molar-refractivity contribution in [2.75, 3.05) is 0 Å². The molecule has 2 aromatic rings. The number of imidazole rings is 1. The van der Waals surface area contributed by atoms with Gasteiger partial charge >= 0.3 is 0 Å². The molecular weight excluding hydrogens is 520 g/mol. The van der Waals surface area contributed by atoms with Crippen molar-refractivity contribution in [3.63, 3.8) is 0 Å². The number of nitrogens with zero attached hydrogens (tertiary/aromatic N) is 2. The van der Waals surface area contributed by atoms with Gasteiger partial charge in [-0.3, -0.25) is 0 Å². The van der Waals surface area contributed by atoms with Gasteiger partial charge in [0.1, 0.15) is 0 Å². The Morgan fingerprint density at radius 2 is 0.930 bits per heavy atom. The van der Waals surface area contributed by atoms with E-state index >= 15 is 0 Å². The summed E-state index contributed by atoms with van der Waals surface area (Å²) < 4.78 is 2.45. The van der Waals surface area contributed by atoms with E-state index in [0.29, 0.717) is 12.0 Å². The van der Waals surface area contributed by atoms with Crippen LogP contribution in [0.2, 0.25) is 0 Å². The molecule has 43 heavy (non-hydrogen) atoms. The Morgan fingerprint density at radius 1 is 0.512 bits per heavy atom.